The molecular formula is C14H9ClF2O2. The van der Waals surface area contributed by atoms with Gasteiger partial charge in [-0.1, -0.05) is 11.6 Å². The Bertz CT molecular complexity index is 614. The van der Waals surface area contributed by atoms with Crippen LogP contribution in [0.1, 0.15) is 15.9 Å². The molecule has 0 saturated carbocycles. The fourth-order valence-corrected chi connectivity index (χ4v) is 1.75. The van der Waals surface area contributed by atoms with E-state index in [1.54, 1.807) is 0 Å². The molecule has 2 aromatic rings. The Hall–Kier alpha value is -1.94. The van der Waals surface area contributed by atoms with Crippen LogP contribution in [0.5, 0.6) is 5.75 Å². The predicted molar refractivity (Wildman–Crippen MR) is 67.5 cm³/mol. The molecule has 0 radical (unpaired) electrons. The highest BCUT2D eigenvalue weighted by Gasteiger charge is 2.07. The minimum Gasteiger partial charge on any atom is -0.487 e. The molecule has 0 fully saturated rings. The summed E-state index contributed by atoms with van der Waals surface area (Å²) in [5.74, 6) is -0.994. The lowest BCUT2D eigenvalue weighted by molar-refractivity contribution is 0.112. The lowest BCUT2D eigenvalue weighted by atomic mass is 10.2. The minimum absolute atomic E-state index is 0.0771. The molecule has 0 bridgehead atoms. The first-order chi connectivity index (χ1) is 9.10. The second-order valence-electron chi connectivity index (χ2n) is 3.83. The molecule has 5 heteroatoms. The van der Waals surface area contributed by atoms with E-state index in [2.05, 4.69) is 0 Å². The number of halogens is 3. The largest absolute Gasteiger partial charge is 0.487 e. The molecule has 0 N–H and O–H groups in total. The third kappa shape index (κ3) is 3.29. The van der Waals surface area contributed by atoms with E-state index in [9.17, 15) is 13.6 Å². The fraction of sp³-hybridized carbons (Fsp3) is 0.0714. The van der Waals surface area contributed by atoms with Gasteiger partial charge in [-0.05, 0) is 30.3 Å². The number of carbonyl (C=O) groups is 1. The van der Waals surface area contributed by atoms with Crippen molar-refractivity contribution in [1.82, 2.24) is 0 Å². The van der Waals surface area contributed by atoms with Gasteiger partial charge in [0.15, 0.2) is 0 Å². The van der Waals surface area contributed by atoms with Crippen molar-refractivity contribution in [3.8, 4) is 5.75 Å². The number of rotatable bonds is 4. The lowest BCUT2D eigenvalue weighted by Gasteiger charge is -2.09. The van der Waals surface area contributed by atoms with Gasteiger partial charge >= 0.3 is 0 Å². The Balaban J connectivity index is 2.12. The molecule has 2 aromatic carbocycles. The Morgan fingerprint density at radius 2 is 1.95 bits per heavy atom. The maximum atomic E-state index is 13.4. The van der Waals surface area contributed by atoms with E-state index >= 15 is 0 Å². The average Bonchev–Trinajstić information content (AvgIpc) is 2.39. The molecule has 2 nitrogen and oxygen atoms in total. The van der Waals surface area contributed by atoms with Crippen molar-refractivity contribution in [2.45, 2.75) is 6.61 Å². The van der Waals surface area contributed by atoms with Crippen LogP contribution in [0.3, 0.4) is 0 Å². The average molecular weight is 283 g/mol. The SMILES string of the molecule is O=Cc1ccc(OCc2ccc(F)cc2F)c(Cl)c1. The van der Waals surface area contributed by atoms with Gasteiger partial charge in [0.1, 0.15) is 30.3 Å². The Labute approximate surface area is 113 Å². The topological polar surface area (TPSA) is 26.3 Å². The van der Waals surface area contributed by atoms with Crippen LogP contribution in [-0.4, -0.2) is 6.29 Å². The summed E-state index contributed by atoms with van der Waals surface area (Å²) in [6.07, 6.45) is 0.662. The van der Waals surface area contributed by atoms with E-state index in [4.69, 9.17) is 16.3 Å². The molecule has 0 saturated heterocycles. The second-order valence-corrected chi connectivity index (χ2v) is 4.24. The number of aldehydes is 1. The second kappa shape index (κ2) is 5.80. The van der Waals surface area contributed by atoms with Crippen LogP contribution in [-0.2, 0) is 6.61 Å². The van der Waals surface area contributed by atoms with Gasteiger partial charge in [0, 0.05) is 17.2 Å². The quantitative estimate of drug-likeness (QED) is 0.792. The molecule has 0 aliphatic carbocycles. The zero-order valence-electron chi connectivity index (χ0n) is 9.70. The summed E-state index contributed by atoms with van der Waals surface area (Å²) < 4.78 is 31.4. The maximum Gasteiger partial charge on any atom is 0.150 e. The van der Waals surface area contributed by atoms with Crippen LogP contribution in [0.4, 0.5) is 8.78 Å². The van der Waals surface area contributed by atoms with Crippen molar-refractivity contribution in [1.29, 1.82) is 0 Å². The molecule has 0 aliphatic heterocycles. The zero-order chi connectivity index (χ0) is 13.8. The first kappa shape index (κ1) is 13.5. The monoisotopic (exact) mass is 282 g/mol. The molecular weight excluding hydrogens is 274 g/mol. The summed E-state index contributed by atoms with van der Waals surface area (Å²) in [6.45, 7) is -0.0771. The van der Waals surface area contributed by atoms with Crippen LogP contribution in [0.25, 0.3) is 0 Å². The van der Waals surface area contributed by atoms with Crippen LogP contribution in [0.15, 0.2) is 36.4 Å². The fourth-order valence-electron chi connectivity index (χ4n) is 1.50. The van der Waals surface area contributed by atoms with Crippen molar-refractivity contribution < 1.29 is 18.3 Å². The Morgan fingerprint density at radius 3 is 2.58 bits per heavy atom. The van der Waals surface area contributed by atoms with Crippen molar-refractivity contribution in [3.05, 3.63) is 64.2 Å². The van der Waals surface area contributed by atoms with Gasteiger partial charge < -0.3 is 4.74 Å². The summed E-state index contributed by atoms with van der Waals surface area (Å²) in [6, 6.07) is 7.75. The van der Waals surface area contributed by atoms with E-state index in [1.807, 2.05) is 0 Å². The van der Waals surface area contributed by atoms with Crippen molar-refractivity contribution >= 4 is 17.9 Å². The molecule has 98 valence electrons. The van der Waals surface area contributed by atoms with Gasteiger partial charge in [0.25, 0.3) is 0 Å². The van der Waals surface area contributed by atoms with Crippen molar-refractivity contribution in [2.24, 2.45) is 0 Å². The Kier molecular flexibility index (Phi) is 4.12. The smallest absolute Gasteiger partial charge is 0.150 e. The third-order valence-electron chi connectivity index (χ3n) is 2.49. The zero-order valence-corrected chi connectivity index (χ0v) is 10.5. The first-order valence-electron chi connectivity index (χ1n) is 5.41. The molecule has 0 amide bonds. The maximum absolute atomic E-state index is 13.4. The van der Waals surface area contributed by atoms with Gasteiger partial charge in [-0.25, -0.2) is 8.78 Å². The highest BCUT2D eigenvalue weighted by atomic mass is 35.5. The minimum atomic E-state index is -0.680. The highest BCUT2D eigenvalue weighted by Crippen LogP contribution is 2.26. The van der Waals surface area contributed by atoms with Crippen LogP contribution < -0.4 is 4.74 Å². The van der Waals surface area contributed by atoms with E-state index in [-0.39, 0.29) is 17.2 Å². The summed E-state index contributed by atoms with van der Waals surface area (Å²) in [5, 5.41) is 0.257. The van der Waals surface area contributed by atoms with E-state index in [0.717, 1.165) is 12.1 Å². The molecule has 2 rings (SSSR count). The number of hydrogen-bond donors (Lipinski definition) is 0. The summed E-state index contributed by atoms with van der Waals surface area (Å²) in [7, 11) is 0. The number of ether oxygens (including phenoxy) is 1. The van der Waals surface area contributed by atoms with Crippen LogP contribution in [0.2, 0.25) is 5.02 Å². The number of benzene rings is 2. The van der Waals surface area contributed by atoms with Gasteiger partial charge in [0.2, 0.25) is 0 Å². The molecule has 0 heterocycles. The number of hydrogen-bond acceptors (Lipinski definition) is 2. The Morgan fingerprint density at radius 1 is 1.16 bits per heavy atom. The molecule has 0 aliphatic rings. The van der Waals surface area contributed by atoms with Gasteiger partial charge in [-0.3, -0.25) is 4.79 Å². The van der Waals surface area contributed by atoms with Crippen molar-refractivity contribution in [2.75, 3.05) is 0 Å². The third-order valence-corrected chi connectivity index (χ3v) is 2.79. The van der Waals surface area contributed by atoms with E-state index < -0.39 is 11.6 Å². The summed E-state index contributed by atoms with van der Waals surface area (Å²) in [5.41, 5.74) is 0.641. The van der Waals surface area contributed by atoms with E-state index in [1.165, 1.54) is 24.3 Å². The van der Waals surface area contributed by atoms with Gasteiger partial charge in [-0.15, -0.1) is 0 Å². The predicted octanol–water partition coefficient (Wildman–Crippen LogP) is 4.01. The molecule has 0 atom stereocenters. The summed E-state index contributed by atoms with van der Waals surface area (Å²) >= 11 is 5.90. The standard InChI is InChI=1S/C14H9ClF2O2/c15-12-5-9(7-18)1-4-14(12)19-8-10-2-3-11(16)6-13(10)17/h1-7H,8H2. The van der Waals surface area contributed by atoms with Crippen LogP contribution in [0, 0.1) is 11.6 Å². The summed E-state index contributed by atoms with van der Waals surface area (Å²) in [4.78, 5) is 10.5. The van der Waals surface area contributed by atoms with Gasteiger partial charge in [0.05, 0.1) is 5.02 Å². The first-order valence-corrected chi connectivity index (χ1v) is 5.79. The van der Waals surface area contributed by atoms with Crippen LogP contribution >= 0.6 is 11.6 Å². The molecule has 0 aromatic heterocycles. The molecule has 0 unspecified atom stereocenters. The normalized spacial score (nSPS) is 10.3. The molecule has 19 heavy (non-hydrogen) atoms. The lowest BCUT2D eigenvalue weighted by Crippen LogP contribution is -1.99. The number of carbonyl (C=O) groups excluding carboxylic acids is 1. The highest BCUT2D eigenvalue weighted by molar-refractivity contribution is 6.32. The van der Waals surface area contributed by atoms with Gasteiger partial charge in [-0.2, -0.15) is 0 Å². The van der Waals surface area contributed by atoms with E-state index in [0.29, 0.717) is 17.6 Å². The molecule has 0 spiro atoms. The van der Waals surface area contributed by atoms with Crippen molar-refractivity contribution in [3.63, 3.8) is 0 Å².